The van der Waals surface area contributed by atoms with Gasteiger partial charge in [-0.15, -0.1) is 0 Å². The molecule has 1 aliphatic rings. The van der Waals surface area contributed by atoms with E-state index in [-0.39, 0.29) is 12.0 Å². The van der Waals surface area contributed by atoms with Gasteiger partial charge in [0.2, 0.25) is 0 Å². The Morgan fingerprint density at radius 2 is 1.94 bits per heavy atom. The first-order valence-corrected chi connectivity index (χ1v) is 4.84. The molecule has 5 heteroatoms. The first-order valence-electron chi connectivity index (χ1n) is 4.84. The van der Waals surface area contributed by atoms with E-state index in [9.17, 15) is 9.59 Å². The fourth-order valence-corrected chi connectivity index (χ4v) is 1.58. The fraction of sp³-hybridized carbons (Fsp3) is 0.455. The zero-order valence-corrected chi connectivity index (χ0v) is 9.52. The van der Waals surface area contributed by atoms with Gasteiger partial charge in [0, 0.05) is 25.4 Å². The minimum absolute atomic E-state index is 0.00894. The Labute approximate surface area is 93.7 Å². The van der Waals surface area contributed by atoms with Gasteiger partial charge in [0.25, 0.3) is 0 Å². The number of carboxylic acid groups (broad SMARTS) is 2. The van der Waals surface area contributed by atoms with Gasteiger partial charge < -0.3 is 15.1 Å². The average molecular weight is 225 g/mol. The van der Waals surface area contributed by atoms with Crippen molar-refractivity contribution in [3.8, 4) is 0 Å². The van der Waals surface area contributed by atoms with Crippen molar-refractivity contribution in [2.24, 2.45) is 5.41 Å². The Balaban J connectivity index is 3.20. The van der Waals surface area contributed by atoms with E-state index in [2.05, 4.69) is 0 Å². The second-order valence-electron chi connectivity index (χ2n) is 4.34. The van der Waals surface area contributed by atoms with Gasteiger partial charge in [-0.05, 0) is 25.5 Å². The summed E-state index contributed by atoms with van der Waals surface area (Å²) in [6.07, 6.45) is 3.10. The first-order chi connectivity index (χ1) is 7.26. The van der Waals surface area contributed by atoms with Crippen molar-refractivity contribution in [3.63, 3.8) is 0 Å². The van der Waals surface area contributed by atoms with Gasteiger partial charge in [-0.3, -0.25) is 4.79 Å². The van der Waals surface area contributed by atoms with Crippen molar-refractivity contribution in [2.45, 2.75) is 13.3 Å². The van der Waals surface area contributed by atoms with Gasteiger partial charge in [0.15, 0.2) is 0 Å². The molecular weight excluding hydrogens is 210 g/mol. The summed E-state index contributed by atoms with van der Waals surface area (Å²) in [6.45, 7) is 1.52. The Morgan fingerprint density at radius 1 is 1.38 bits per heavy atom. The van der Waals surface area contributed by atoms with Crippen LogP contribution in [0.5, 0.6) is 0 Å². The number of carbonyl (C=O) groups is 2. The normalized spacial score (nSPS) is 24.4. The van der Waals surface area contributed by atoms with Crippen LogP contribution in [0.25, 0.3) is 0 Å². The van der Waals surface area contributed by atoms with Gasteiger partial charge >= 0.3 is 11.9 Å². The lowest BCUT2D eigenvalue weighted by molar-refractivity contribution is -0.145. The van der Waals surface area contributed by atoms with Crippen LogP contribution in [0.2, 0.25) is 0 Å². The molecule has 0 saturated heterocycles. The predicted molar refractivity (Wildman–Crippen MR) is 57.8 cm³/mol. The summed E-state index contributed by atoms with van der Waals surface area (Å²) in [5, 5.41) is 18.1. The monoisotopic (exact) mass is 225 g/mol. The molecule has 0 saturated carbocycles. The van der Waals surface area contributed by atoms with Gasteiger partial charge in [-0.25, -0.2) is 4.79 Å². The van der Waals surface area contributed by atoms with Crippen molar-refractivity contribution >= 4 is 11.9 Å². The standard InChI is InChI=1S/C11H15NO4/c1-11(10(15)16)5-7(9(13)14)4-8(6-11)12(2)3/h4,6H,5H2,1-3H3,(H,13,14)(H,15,16). The third-order valence-corrected chi connectivity index (χ3v) is 2.63. The molecule has 1 atom stereocenters. The van der Waals surface area contributed by atoms with Crippen LogP contribution >= 0.6 is 0 Å². The summed E-state index contributed by atoms with van der Waals surface area (Å²) in [7, 11) is 3.49. The van der Waals surface area contributed by atoms with Gasteiger partial charge in [-0.1, -0.05) is 0 Å². The number of hydrogen-bond donors (Lipinski definition) is 2. The van der Waals surface area contributed by atoms with Crippen LogP contribution in [0.3, 0.4) is 0 Å². The first kappa shape index (κ1) is 12.3. The van der Waals surface area contributed by atoms with Gasteiger partial charge in [-0.2, -0.15) is 0 Å². The van der Waals surface area contributed by atoms with E-state index in [1.165, 1.54) is 13.0 Å². The molecule has 16 heavy (non-hydrogen) atoms. The fourth-order valence-electron chi connectivity index (χ4n) is 1.58. The van der Waals surface area contributed by atoms with E-state index in [1.54, 1.807) is 25.1 Å². The van der Waals surface area contributed by atoms with Crippen LogP contribution in [0.15, 0.2) is 23.4 Å². The maximum absolute atomic E-state index is 11.1. The van der Waals surface area contributed by atoms with E-state index in [0.29, 0.717) is 5.70 Å². The van der Waals surface area contributed by atoms with Crippen molar-refractivity contribution in [1.29, 1.82) is 0 Å². The molecule has 2 N–H and O–H groups in total. The zero-order chi connectivity index (χ0) is 12.5. The Kier molecular flexibility index (Phi) is 3.07. The molecule has 0 bridgehead atoms. The lowest BCUT2D eigenvalue weighted by Crippen LogP contribution is -2.31. The van der Waals surface area contributed by atoms with Crippen LogP contribution < -0.4 is 0 Å². The summed E-state index contributed by atoms with van der Waals surface area (Å²) in [6, 6.07) is 0. The summed E-state index contributed by atoms with van der Waals surface area (Å²) < 4.78 is 0. The highest BCUT2D eigenvalue weighted by Gasteiger charge is 2.36. The second kappa shape index (κ2) is 4.00. The van der Waals surface area contributed by atoms with Gasteiger partial charge in [0.05, 0.1) is 5.41 Å². The zero-order valence-electron chi connectivity index (χ0n) is 9.52. The minimum Gasteiger partial charge on any atom is -0.481 e. The average Bonchev–Trinajstić information content (AvgIpc) is 2.16. The van der Waals surface area contributed by atoms with Crippen molar-refractivity contribution in [2.75, 3.05) is 14.1 Å². The van der Waals surface area contributed by atoms with Crippen LogP contribution in [0.1, 0.15) is 13.3 Å². The summed E-state index contributed by atoms with van der Waals surface area (Å²) >= 11 is 0. The van der Waals surface area contributed by atoms with Crippen LogP contribution in [0, 0.1) is 5.41 Å². The molecule has 0 aromatic heterocycles. The third-order valence-electron chi connectivity index (χ3n) is 2.63. The number of hydrogen-bond acceptors (Lipinski definition) is 3. The van der Waals surface area contributed by atoms with Crippen LogP contribution in [-0.2, 0) is 9.59 Å². The smallest absolute Gasteiger partial charge is 0.331 e. The topological polar surface area (TPSA) is 77.8 Å². The Hall–Kier alpha value is -1.78. The lowest BCUT2D eigenvalue weighted by atomic mass is 9.79. The van der Waals surface area contributed by atoms with E-state index < -0.39 is 17.4 Å². The molecule has 88 valence electrons. The molecule has 0 amide bonds. The molecule has 0 aromatic carbocycles. The second-order valence-corrected chi connectivity index (χ2v) is 4.34. The van der Waals surface area contributed by atoms with E-state index in [1.807, 2.05) is 0 Å². The SMILES string of the molecule is CN(C)C1=CC(C)(C(=O)O)CC(C(=O)O)=C1. The molecular formula is C11H15NO4. The molecule has 1 aliphatic carbocycles. The Morgan fingerprint density at radius 3 is 2.31 bits per heavy atom. The summed E-state index contributed by atoms with van der Waals surface area (Å²) in [4.78, 5) is 23.8. The lowest BCUT2D eigenvalue weighted by Gasteiger charge is -2.28. The van der Waals surface area contributed by atoms with E-state index >= 15 is 0 Å². The largest absolute Gasteiger partial charge is 0.481 e. The number of rotatable bonds is 3. The molecule has 0 radical (unpaired) electrons. The van der Waals surface area contributed by atoms with Gasteiger partial charge in [0.1, 0.15) is 0 Å². The maximum Gasteiger partial charge on any atom is 0.331 e. The molecule has 0 aliphatic heterocycles. The molecule has 1 rings (SSSR count). The highest BCUT2D eigenvalue weighted by molar-refractivity contribution is 5.90. The van der Waals surface area contributed by atoms with E-state index in [0.717, 1.165) is 0 Å². The quantitative estimate of drug-likeness (QED) is 0.747. The number of nitrogens with zero attached hydrogens (tertiary/aromatic N) is 1. The molecule has 0 spiro atoms. The minimum atomic E-state index is -1.15. The van der Waals surface area contributed by atoms with Crippen molar-refractivity contribution < 1.29 is 19.8 Å². The molecule has 0 aromatic rings. The summed E-state index contributed by atoms with van der Waals surface area (Å²) in [5.74, 6) is -2.08. The summed E-state index contributed by atoms with van der Waals surface area (Å²) in [5.41, 5.74) is -0.424. The Bertz CT molecular complexity index is 395. The molecule has 0 fully saturated rings. The van der Waals surface area contributed by atoms with E-state index in [4.69, 9.17) is 10.2 Å². The van der Waals surface area contributed by atoms with Crippen molar-refractivity contribution in [3.05, 3.63) is 23.4 Å². The van der Waals surface area contributed by atoms with Crippen molar-refractivity contribution in [1.82, 2.24) is 4.90 Å². The number of allylic oxidation sites excluding steroid dienone is 1. The number of carboxylic acids is 2. The maximum atomic E-state index is 11.1. The highest BCUT2D eigenvalue weighted by Crippen LogP contribution is 2.34. The number of aliphatic carboxylic acids is 2. The van der Waals surface area contributed by atoms with Crippen LogP contribution in [-0.4, -0.2) is 41.1 Å². The highest BCUT2D eigenvalue weighted by atomic mass is 16.4. The number of likely N-dealkylation sites (N-methyl/N-ethyl adjacent to an activating group) is 1. The van der Waals surface area contributed by atoms with Crippen LogP contribution in [0.4, 0.5) is 0 Å². The molecule has 5 nitrogen and oxygen atoms in total. The predicted octanol–water partition coefficient (Wildman–Crippen LogP) is 0.938. The third kappa shape index (κ3) is 2.24. The molecule has 1 unspecified atom stereocenters. The molecule has 0 heterocycles.